The van der Waals surface area contributed by atoms with Gasteiger partial charge >= 0.3 is 6.03 Å². The zero-order valence-electron chi connectivity index (χ0n) is 14.7. The molecule has 2 rings (SSSR count). The summed E-state index contributed by atoms with van der Waals surface area (Å²) >= 11 is 0. The minimum Gasteiger partial charge on any atom is -0.396 e. The Morgan fingerprint density at radius 1 is 1.16 bits per heavy atom. The number of hydrogen-bond donors (Lipinski definition) is 3. The average molecular weight is 343 g/mol. The topological polar surface area (TPSA) is 83.4 Å². The van der Waals surface area contributed by atoms with Gasteiger partial charge in [-0.3, -0.25) is 4.79 Å². The van der Waals surface area contributed by atoms with E-state index in [0.717, 1.165) is 5.56 Å². The van der Waals surface area contributed by atoms with Crippen LogP contribution in [0.2, 0.25) is 0 Å². The van der Waals surface area contributed by atoms with E-state index in [0.29, 0.717) is 19.5 Å². The Bertz CT molecular complexity index is 754. The molecule has 6 nitrogen and oxygen atoms in total. The summed E-state index contributed by atoms with van der Waals surface area (Å²) in [5.41, 5.74) is 0.778. The van der Waals surface area contributed by atoms with Crippen LogP contribution in [-0.2, 0) is 6.54 Å². The van der Waals surface area contributed by atoms with Gasteiger partial charge in [-0.2, -0.15) is 0 Å². The SMILES string of the molecule is CC(C)(CCO)CNC(=O)Nc1cccn(Cc2ccccc2)c1=O. The number of aromatic nitrogens is 1. The summed E-state index contributed by atoms with van der Waals surface area (Å²) in [6.07, 6.45) is 2.28. The number of aliphatic hydroxyl groups excluding tert-OH is 1. The lowest BCUT2D eigenvalue weighted by Gasteiger charge is -2.23. The molecule has 0 aliphatic rings. The van der Waals surface area contributed by atoms with Crippen molar-refractivity contribution >= 4 is 11.7 Å². The second-order valence-electron chi connectivity index (χ2n) is 6.79. The molecule has 0 radical (unpaired) electrons. The molecule has 0 atom stereocenters. The van der Waals surface area contributed by atoms with Crippen molar-refractivity contribution in [1.29, 1.82) is 0 Å². The zero-order chi connectivity index (χ0) is 18.3. The predicted molar refractivity (Wildman–Crippen MR) is 98.8 cm³/mol. The van der Waals surface area contributed by atoms with Gasteiger partial charge in [-0.15, -0.1) is 0 Å². The minimum atomic E-state index is -0.430. The van der Waals surface area contributed by atoms with Crippen LogP contribution in [0.25, 0.3) is 0 Å². The summed E-state index contributed by atoms with van der Waals surface area (Å²) in [4.78, 5) is 24.6. The van der Waals surface area contributed by atoms with Crippen molar-refractivity contribution < 1.29 is 9.90 Å². The van der Waals surface area contributed by atoms with Gasteiger partial charge in [0, 0.05) is 19.3 Å². The first-order valence-electron chi connectivity index (χ1n) is 8.30. The standard InChI is InChI=1S/C19H25N3O3/c1-19(2,10-12-23)14-20-18(25)21-16-9-6-11-22(17(16)24)13-15-7-4-3-5-8-15/h3-9,11,23H,10,12-14H2,1-2H3,(H2,20,21,25). The number of nitrogens with one attached hydrogen (secondary N) is 2. The van der Waals surface area contributed by atoms with Crippen molar-refractivity contribution in [3.05, 3.63) is 64.6 Å². The van der Waals surface area contributed by atoms with Crippen LogP contribution >= 0.6 is 0 Å². The van der Waals surface area contributed by atoms with Crippen molar-refractivity contribution in [1.82, 2.24) is 9.88 Å². The Balaban J connectivity index is 2.02. The second-order valence-corrected chi connectivity index (χ2v) is 6.79. The molecule has 1 aromatic heterocycles. The van der Waals surface area contributed by atoms with Crippen LogP contribution < -0.4 is 16.2 Å². The average Bonchev–Trinajstić information content (AvgIpc) is 2.58. The maximum absolute atomic E-state index is 12.5. The largest absolute Gasteiger partial charge is 0.396 e. The van der Waals surface area contributed by atoms with Crippen molar-refractivity contribution in [2.45, 2.75) is 26.8 Å². The van der Waals surface area contributed by atoms with Crippen molar-refractivity contribution in [3.8, 4) is 0 Å². The number of nitrogens with zero attached hydrogens (tertiary/aromatic N) is 1. The molecule has 2 aromatic rings. The van der Waals surface area contributed by atoms with Crippen molar-refractivity contribution in [2.75, 3.05) is 18.5 Å². The quantitative estimate of drug-likeness (QED) is 0.722. The fourth-order valence-electron chi connectivity index (χ4n) is 2.41. The third kappa shape index (κ3) is 5.76. The number of pyridine rings is 1. The van der Waals surface area contributed by atoms with Crippen LogP contribution in [0.5, 0.6) is 0 Å². The van der Waals surface area contributed by atoms with Crippen LogP contribution in [-0.4, -0.2) is 28.9 Å². The lowest BCUT2D eigenvalue weighted by molar-refractivity contribution is 0.204. The second kappa shape index (κ2) is 8.48. The fourth-order valence-corrected chi connectivity index (χ4v) is 2.41. The Labute approximate surface area is 147 Å². The zero-order valence-corrected chi connectivity index (χ0v) is 14.7. The highest BCUT2D eigenvalue weighted by Gasteiger charge is 2.18. The van der Waals surface area contributed by atoms with Gasteiger partial charge in [0.25, 0.3) is 5.56 Å². The Morgan fingerprint density at radius 3 is 2.56 bits per heavy atom. The summed E-state index contributed by atoms with van der Waals surface area (Å²) in [6, 6.07) is 12.5. The summed E-state index contributed by atoms with van der Waals surface area (Å²) in [5.74, 6) is 0. The molecule has 0 aliphatic heterocycles. The van der Waals surface area contributed by atoms with Gasteiger partial charge in [0.05, 0.1) is 6.54 Å². The summed E-state index contributed by atoms with van der Waals surface area (Å²) < 4.78 is 1.56. The molecule has 1 heterocycles. The third-order valence-corrected chi connectivity index (χ3v) is 3.98. The number of hydrogen-bond acceptors (Lipinski definition) is 3. The first-order chi connectivity index (χ1) is 11.9. The van der Waals surface area contributed by atoms with E-state index in [-0.39, 0.29) is 23.3 Å². The molecule has 0 saturated heterocycles. The van der Waals surface area contributed by atoms with Gasteiger partial charge in [0.1, 0.15) is 5.69 Å². The summed E-state index contributed by atoms with van der Waals surface area (Å²) in [6.45, 7) is 4.83. The molecule has 0 unspecified atom stereocenters. The minimum absolute atomic E-state index is 0.0686. The van der Waals surface area contributed by atoms with Crippen LogP contribution in [0.1, 0.15) is 25.8 Å². The van der Waals surface area contributed by atoms with E-state index >= 15 is 0 Å². The van der Waals surface area contributed by atoms with Crippen molar-refractivity contribution in [2.24, 2.45) is 5.41 Å². The maximum Gasteiger partial charge on any atom is 0.319 e. The van der Waals surface area contributed by atoms with Gasteiger partial charge in [-0.1, -0.05) is 44.2 Å². The molecule has 0 fully saturated rings. The molecule has 6 heteroatoms. The first-order valence-corrected chi connectivity index (χ1v) is 8.30. The summed E-state index contributed by atoms with van der Waals surface area (Å²) in [5, 5.41) is 14.4. The summed E-state index contributed by atoms with van der Waals surface area (Å²) in [7, 11) is 0. The Kier molecular flexibility index (Phi) is 6.36. The molecule has 0 saturated carbocycles. The number of rotatable bonds is 7. The molecule has 0 aliphatic carbocycles. The van der Waals surface area contributed by atoms with Crippen LogP contribution in [0.4, 0.5) is 10.5 Å². The highest BCUT2D eigenvalue weighted by atomic mass is 16.3. The molecule has 2 amide bonds. The number of urea groups is 1. The lowest BCUT2D eigenvalue weighted by atomic mass is 9.90. The molecular weight excluding hydrogens is 318 g/mol. The smallest absolute Gasteiger partial charge is 0.319 e. The van der Waals surface area contributed by atoms with Gasteiger partial charge in [-0.25, -0.2) is 4.79 Å². The lowest BCUT2D eigenvalue weighted by Crippen LogP contribution is -2.38. The highest BCUT2D eigenvalue weighted by Crippen LogP contribution is 2.17. The van der Waals surface area contributed by atoms with Crippen LogP contribution in [0.3, 0.4) is 0 Å². The number of amides is 2. The van der Waals surface area contributed by atoms with Gasteiger partial charge in [0.15, 0.2) is 0 Å². The normalized spacial score (nSPS) is 11.2. The molecule has 0 bridgehead atoms. The van der Waals surface area contributed by atoms with Gasteiger partial charge < -0.3 is 20.3 Å². The van der Waals surface area contributed by atoms with Crippen LogP contribution in [0.15, 0.2) is 53.5 Å². The number of carbonyl (C=O) groups is 1. The van der Waals surface area contributed by atoms with Gasteiger partial charge in [-0.05, 0) is 29.5 Å². The Hall–Kier alpha value is -2.60. The number of carbonyl (C=O) groups excluding carboxylic acids is 1. The molecule has 0 spiro atoms. The van der Waals surface area contributed by atoms with Gasteiger partial charge in [0.2, 0.25) is 0 Å². The number of benzene rings is 1. The molecule has 134 valence electrons. The van der Waals surface area contributed by atoms with E-state index in [1.165, 1.54) is 0 Å². The third-order valence-electron chi connectivity index (χ3n) is 3.98. The predicted octanol–water partition coefficient (Wildman–Crippen LogP) is 2.43. The van der Waals surface area contributed by atoms with E-state index in [9.17, 15) is 9.59 Å². The molecule has 3 N–H and O–H groups in total. The highest BCUT2D eigenvalue weighted by molar-refractivity contribution is 5.88. The number of aliphatic hydroxyl groups is 1. The maximum atomic E-state index is 12.5. The monoisotopic (exact) mass is 343 g/mol. The molecule has 1 aromatic carbocycles. The van der Waals surface area contributed by atoms with E-state index in [1.807, 2.05) is 44.2 Å². The fraction of sp³-hybridized carbons (Fsp3) is 0.368. The van der Waals surface area contributed by atoms with Crippen LogP contribution in [0, 0.1) is 5.41 Å². The van der Waals surface area contributed by atoms with Crippen molar-refractivity contribution in [3.63, 3.8) is 0 Å². The Morgan fingerprint density at radius 2 is 1.88 bits per heavy atom. The van der Waals surface area contributed by atoms with E-state index in [1.54, 1.807) is 22.9 Å². The molecule has 25 heavy (non-hydrogen) atoms. The number of anilines is 1. The molecular formula is C19H25N3O3. The van der Waals surface area contributed by atoms with E-state index in [2.05, 4.69) is 10.6 Å². The first kappa shape index (κ1) is 18.7. The van der Waals surface area contributed by atoms with E-state index in [4.69, 9.17) is 5.11 Å². The van der Waals surface area contributed by atoms with E-state index < -0.39 is 6.03 Å².